The predicted octanol–water partition coefficient (Wildman–Crippen LogP) is 5.94. The van der Waals surface area contributed by atoms with Gasteiger partial charge in [0.05, 0.1) is 7.11 Å². The summed E-state index contributed by atoms with van der Waals surface area (Å²) in [5, 5.41) is 3.06. The maximum atomic E-state index is 12.6. The van der Waals surface area contributed by atoms with E-state index >= 15 is 0 Å². The van der Waals surface area contributed by atoms with Gasteiger partial charge in [-0.05, 0) is 56.0 Å². The Morgan fingerprint density at radius 2 is 1.40 bits per heavy atom. The number of hydrogen-bond acceptors (Lipinski definition) is 10. The van der Waals surface area contributed by atoms with Crippen LogP contribution in [0.5, 0.6) is 17.2 Å². The van der Waals surface area contributed by atoms with Crippen molar-refractivity contribution in [1.82, 2.24) is 5.32 Å². The highest BCUT2D eigenvalue weighted by atomic mass is 16.7. The van der Waals surface area contributed by atoms with Crippen molar-refractivity contribution in [3.8, 4) is 17.2 Å². The third-order valence-electron chi connectivity index (χ3n) is 6.24. The maximum absolute atomic E-state index is 12.6. The molecule has 2 atom stereocenters. The van der Waals surface area contributed by atoms with Crippen LogP contribution < -0.4 is 19.5 Å². The Balaban J connectivity index is 2.09. The fraction of sp³-hybridized carbons (Fsp3) is 0.500. The van der Waals surface area contributed by atoms with Crippen molar-refractivity contribution in [2.45, 2.75) is 90.7 Å². The molecule has 0 aliphatic heterocycles. The lowest BCUT2D eigenvalue weighted by atomic mass is 10.0. The monoisotopic (exact) mass is 585 g/mol. The largest absolute Gasteiger partial charge is 0.514 e. The third-order valence-corrected chi connectivity index (χ3v) is 6.24. The zero-order valence-corrected chi connectivity index (χ0v) is 25.0. The van der Waals surface area contributed by atoms with Crippen molar-refractivity contribution >= 4 is 24.1 Å². The molecule has 0 aromatic heterocycles. The summed E-state index contributed by atoms with van der Waals surface area (Å²) < 4.78 is 26.5. The van der Waals surface area contributed by atoms with Gasteiger partial charge in [-0.15, -0.1) is 0 Å². The van der Waals surface area contributed by atoms with Gasteiger partial charge in [-0.3, -0.25) is 14.4 Å². The van der Waals surface area contributed by atoms with Gasteiger partial charge in [0.1, 0.15) is 17.9 Å². The zero-order valence-electron chi connectivity index (χ0n) is 25.0. The number of carbonyl (C=O) groups is 4. The fourth-order valence-corrected chi connectivity index (χ4v) is 3.97. The lowest BCUT2D eigenvalue weighted by Gasteiger charge is -2.20. The highest BCUT2D eigenvalue weighted by molar-refractivity contribution is 5.77. The Hall–Kier alpha value is -3.92. The van der Waals surface area contributed by atoms with Crippen molar-refractivity contribution in [2.24, 2.45) is 0 Å². The molecule has 0 saturated heterocycles. The average Bonchev–Trinajstić information content (AvgIpc) is 2.96. The summed E-state index contributed by atoms with van der Waals surface area (Å²) in [5.41, 5.74) is 0.636. The molecule has 0 bridgehead atoms. The van der Waals surface area contributed by atoms with E-state index in [0.29, 0.717) is 24.2 Å². The second-order valence-corrected chi connectivity index (χ2v) is 9.93. The van der Waals surface area contributed by atoms with Crippen LogP contribution >= 0.6 is 0 Å². The van der Waals surface area contributed by atoms with Crippen LogP contribution in [0.4, 0.5) is 4.79 Å². The number of nitrogens with one attached hydrogen (secondary N) is 1. The number of ether oxygens (including phenoxy) is 5. The van der Waals surface area contributed by atoms with Crippen molar-refractivity contribution in [1.29, 1.82) is 0 Å². The molecule has 0 fully saturated rings. The Bertz CT molecular complexity index is 1140. The molecule has 0 radical (unpaired) electrons. The Labute approximate surface area is 248 Å². The average molecular weight is 586 g/mol. The molecule has 0 aliphatic rings. The molecule has 2 rings (SSSR count). The van der Waals surface area contributed by atoms with E-state index in [1.807, 2.05) is 13.8 Å². The molecule has 2 aromatic carbocycles. The van der Waals surface area contributed by atoms with Gasteiger partial charge in [0.15, 0.2) is 11.5 Å². The number of hydrogen-bond donors (Lipinski definition) is 1. The minimum Gasteiger partial charge on any atom is -0.468 e. The fourth-order valence-electron chi connectivity index (χ4n) is 3.97. The van der Waals surface area contributed by atoms with E-state index < -0.39 is 36.2 Å². The minimum absolute atomic E-state index is 0.113. The first-order valence-corrected chi connectivity index (χ1v) is 14.5. The molecule has 2 aromatic rings. The second kappa shape index (κ2) is 19.2. The molecule has 10 heteroatoms. The molecule has 0 amide bonds. The molecule has 10 nitrogen and oxygen atoms in total. The molecule has 0 spiro atoms. The topological polar surface area (TPSA) is 126 Å². The molecule has 230 valence electrons. The lowest BCUT2D eigenvalue weighted by Crippen LogP contribution is -2.43. The summed E-state index contributed by atoms with van der Waals surface area (Å²) in [6.45, 7) is 5.88. The molecular formula is C32H43NO9. The van der Waals surface area contributed by atoms with E-state index in [-0.39, 0.29) is 37.3 Å². The summed E-state index contributed by atoms with van der Waals surface area (Å²) in [6, 6.07) is 12.6. The number of esters is 3. The molecular weight excluding hydrogens is 542 g/mol. The lowest BCUT2D eigenvalue weighted by molar-refractivity contribution is -0.143. The number of para-hydroxylation sites is 1. The SMILES string of the molecule is CCCCCC(=O)Oc1ccc(C[C@H](NCC(C)OC(=O)Oc2ccccc2)C(=O)OC)cc1OC(=O)CCCCC. The van der Waals surface area contributed by atoms with Crippen LogP contribution in [0.3, 0.4) is 0 Å². The number of benzene rings is 2. The van der Waals surface area contributed by atoms with Crippen LogP contribution in [0.15, 0.2) is 48.5 Å². The molecule has 42 heavy (non-hydrogen) atoms. The molecule has 0 heterocycles. The van der Waals surface area contributed by atoms with E-state index in [1.165, 1.54) is 7.11 Å². The molecule has 1 N–H and O–H groups in total. The molecule has 0 saturated carbocycles. The highest BCUT2D eigenvalue weighted by Gasteiger charge is 2.23. The maximum Gasteiger partial charge on any atom is 0.514 e. The molecule has 1 unspecified atom stereocenters. The van der Waals surface area contributed by atoms with Crippen LogP contribution in [-0.2, 0) is 30.3 Å². The van der Waals surface area contributed by atoms with Gasteiger partial charge in [-0.1, -0.05) is 63.8 Å². The van der Waals surface area contributed by atoms with Gasteiger partial charge in [0.25, 0.3) is 0 Å². The van der Waals surface area contributed by atoms with Gasteiger partial charge < -0.3 is 29.0 Å². The number of rotatable bonds is 18. The number of unbranched alkanes of at least 4 members (excludes halogenated alkanes) is 4. The molecule has 0 aliphatic carbocycles. The zero-order chi connectivity index (χ0) is 30.7. The standard InChI is InChI=1S/C32H43NO9/c1-5-7-10-16-29(34)41-27-19-18-24(21-28(27)42-30(35)17-11-8-6-2)20-26(31(36)38-4)33-22-23(3)39-32(37)40-25-14-12-9-13-15-25/h9,12-15,18-19,21,23,26,33H,5-8,10-11,16-17,20,22H2,1-4H3/t23?,26-/m0/s1. The normalized spacial score (nSPS) is 12.1. The van der Waals surface area contributed by atoms with Gasteiger partial charge in [-0.25, -0.2) is 4.79 Å². The van der Waals surface area contributed by atoms with Crippen LogP contribution in [-0.4, -0.2) is 49.9 Å². The van der Waals surface area contributed by atoms with Crippen LogP contribution in [0.25, 0.3) is 0 Å². The first-order chi connectivity index (χ1) is 20.2. The Morgan fingerprint density at radius 1 is 0.786 bits per heavy atom. The summed E-state index contributed by atoms with van der Waals surface area (Å²) in [7, 11) is 1.28. The number of carbonyl (C=O) groups excluding carboxylic acids is 4. The van der Waals surface area contributed by atoms with E-state index in [9.17, 15) is 19.2 Å². The minimum atomic E-state index is -0.865. The van der Waals surface area contributed by atoms with Gasteiger partial charge in [-0.2, -0.15) is 0 Å². The number of methoxy groups -OCH3 is 1. The predicted molar refractivity (Wildman–Crippen MR) is 157 cm³/mol. The van der Waals surface area contributed by atoms with Gasteiger partial charge >= 0.3 is 24.1 Å². The first-order valence-electron chi connectivity index (χ1n) is 14.5. The summed E-state index contributed by atoms with van der Waals surface area (Å²) in [5.74, 6) is -0.758. The first kappa shape index (κ1) is 34.3. The van der Waals surface area contributed by atoms with Crippen molar-refractivity contribution in [2.75, 3.05) is 13.7 Å². The van der Waals surface area contributed by atoms with E-state index in [0.717, 1.165) is 25.7 Å². The van der Waals surface area contributed by atoms with Crippen LogP contribution in [0.2, 0.25) is 0 Å². The van der Waals surface area contributed by atoms with Crippen molar-refractivity contribution in [3.63, 3.8) is 0 Å². The van der Waals surface area contributed by atoms with Gasteiger partial charge in [0.2, 0.25) is 0 Å². The third kappa shape index (κ3) is 13.2. The smallest absolute Gasteiger partial charge is 0.468 e. The summed E-state index contributed by atoms with van der Waals surface area (Å²) in [4.78, 5) is 49.5. The van der Waals surface area contributed by atoms with E-state index in [1.54, 1.807) is 55.5 Å². The van der Waals surface area contributed by atoms with Gasteiger partial charge in [0, 0.05) is 19.4 Å². The Morgan fingerprint density at radius 3 is 2.00 bits per heavy atom. The summed E-state index contributed by atoms with van der Waals surface area (Å²) in [6.07, 6.45) is 4.31. The van der Waals surface area contributed by atoms with Crippen LogP contribution in [0, 0.1) is 0 Å². The van der Waals surface area contributed by atoms with E-state index in [4.69, 9.17) is 23.7 Å². The van der Waals surface area contributed by atoms with Crippen LogP contribution in [0.1, 0.15) is 77.7 Å². The Kier molecular flexibility index (Phi) is 15.7. The quantitative estimate of drug-likeness (QED) is 0.0972. The van der Waals surface area contributed by atoms with Crippen molar-refractivity contribution in [3.05, 3.63) is 54.1 Å². The van der Waals surface area contributed by atoms with Crippen molar-refractivity contribution < 1.29 is 42.9 Å². The van der Waals surface area contributed by atoms with E-state index in [2.05, 4.69) is 5.32 Å². The second-order valence-electron chi connectivity index (χ2n) is 9.93. The summed E-state index contributed by atoms with van der Waals surface area (Å²) >= 11 is 0. The highest BCUT2D eigenvalue weighted by Crippen LogP contribution is 2.30.